The summed E-state index contributed by atoms with van der Waals surface area (Å²) in [7, 11) is 0. The maximum absolute atomic E-state index is 4.40. The van der Waals surface area contributed by atoms with Gasteiger partial charge in [0.2, 0.25) is 0 Å². The first-order valence-corrected chi connectivity index (χ1v) is 7.99. The number of nitrogens with zero attached hydrogens (tertiary/aromatic N) is 2. The molecule has 0 unspecified atom stereocenters. The number of rotatable bonds is 4. The van der Waals surface area contributed by atoms with Gasteiger partial charge in [0, 0.05) is 24.3 Å². The highest BCUT2D eigenvalue weighted by Gasteiger charge is 2.18. The molecule has 1 fully saturated rings. The van der Waals surface area contributed by atoms with Crippen LogP contribution in [0.3, 0.4) is 0 Å². The maximum Gasteiger partial charge on any atom is 0.0706 e. The van der Waals surface area contributed by atoms with Crippen LogP contribution in [0.25, 0.3) is 5.52 Å². The first-order valence-electron chi connectivity index (χ1n) is 7.99. The number of hydrogen-bond donors (Lipinski definition) is 1. The molecule has 3 rings (SSSR count). The highest BCUT2D eigenvalue weighted by molar-refractivity contribution is 5.53. The lowest BCUT2D eigenvalue weighted by molar-refractivity contribution is 0.337. The van der Waals surface area contributed by atoms with E-state index in [0.717, 1.165) is 12.5 Å². The van der Waals surface area contributed by atoms with Crippen LogP contribution in [0.1, 0.15) is 51.0 Å². The summed E-state index contributed by atoms with van der Waals surface area (Å²) in [5, 5.41) is 8.12. The van der Waals surface area contributed by atoms with E-state index in [1.165, 1.54) is 49.6 Å². The van der Waals surface area contributed by atoms with E-state index in [0.29, 0.717) is 6.04 Å². The van der Waals surface area contributed by atoms with Crippen molar-refractivity contribution in [1.29, 1.82) is 0 Å². The van der Waals surface area contributed by atoms with Crippen molar-refractivity contribution in [3.05, 3.63) is 36.2 Å². The first kappa shape index (κ1) is 13.6. The molecule has 0 aliphatic heterocycles. The van der Waals surface area contributed by atoms with Gasteiger partial charge in [-0.25, -0.2) is 4.52 Å². The van der Waals surface area contributed by atoms with Gasteiger partial charge in [0.25, 0.3) is 0 Å². The van der Waals surface area contributed by atoms with Crippen LogP contribution in [0.2, 0.25) is 0 Å². The van der Waals surface area contributed by atoms with Crippen LogP contribution >= 0.6 is 0 Å². The smallest absolute Gasteiger partial charge is 0.0706 e. The first-order chi connectivity index (χ1) is 9.84. The van der Waals surface area contributed by atoms with Gasteiger partial charge < -0.3 is 5.32 Å². The second-order valence-electron chi connectivity index (χ2n) is 6.12. The molecule has 108 valence electrons. The Bertz CT molecular complexity index is 538. The van der Waals surface area contributed by atoms with Gasteiger partial charge in [0.05, 0.1) is 11.7 Å². The van der Waals surface area contributed by atoms with Crippen molar-refractivity contribution >= 4 is 5.52 Å². The highest BCUT2D eigenvalue weighted by Crippen LogP contribution is 2.25. The third kappa shape index (κ3) is 3.04. The summed E-state index contributed by atoms with van der Waals surface area (Å²) in [6, 6.07) is 6.84. The number of pyridine rings is 1. The standard InChI is InChI=1S/C17H25N3/c1-14(15-8-4-2-3-5-9-15)18-12-16-13-19-20-11-7-6-10-17(16)20/h6-7,10-11,13-15,18H,2-5,8-9,12H2,1H3/t14-/m1/s1. The molecule has 1 atom stereocenters. The molecular weight excluding hydrogens is 246 g/mol. The summed E-state index contributed by atoms with van der Waals surface area (Å²) in [5.41, 5.74) is 2.51. The van der Waals surface area contributed by atoms with Gasteiger partial charge in [0.1, 0.15) is 0 Å². The van der Waals surface area contributed by atoms with Crippen molar-refractivity contribution in [2.75, 3.05) is 0 Å². The van der Waals surface area contributed by atoms with Crippen molar-refractivity contribution in [1.82, 2.24) is 14.9 Å². The molecule has 1 aliphatic carbocycles. The Labute approximate surface area is 121 Å². The normalized spacial score (nSPS) is 19.1. The van der Waals surface area contributed by atoms with E-state index in [-0.39, 0.29) is 0 Å². The van der Waals surface area contributed by atoms with Gasteiger partial charge >= 0.3 is 0 Å². The van der Waals surface area contributed by atoms with Crippen LogP contribution in [0, 0.1) is 5.92 Å². The highest BCUT2D eigenvalue weighted by atomic mass is 15.2. The zero-order valence-corrected chi connectivity index (χ0v) is 12.4. The second-order valence-corrected chi connectivity index (χ2v) is 6.12. The molecular formula is C17H25N3. The summed E-state index contributed by atoms with van der Waals surface area (Å²) >= 11 is 0. The Morgan fingerprint density at radius 3 is 2.85 bits per heavy atom. The molecule has 3 nitrogen and oxygen atoms in total. The third-order valence-electron chi connectivity index (χ3n) is 4.73. The number of fused-ring (bicyclic) bond motifs is 1. The second kappa shape index (κ2) is 6.40. The molecule has 1 N–H and O–H groups in total. The predicted molar refractivity (Wildman–Crippen MR) is 82.7 cm³/mol. The number of nitrogens with one attached hydrogen (secondary N) is 1. The minimum absolute atomic E-state index is 0.603. The lowest BCUT2D eigenvalue weighted by Gasteiger charge is -2.23. The molecule has 0 amide bonds. The van der Waals surface area contributed by atoms with Gasteiger partial charge in [0.15, 0.2) is 0 Å². The maximum atomic E-state index is 4.40. The average Bonchev–Trinajstić information content (AvgIpc) is 2.70. The van der Waals surface area contributed by atoms with Crippen molar-refractivity contribution < 1.29 is 0 Å². The zero-order valence-electron chi connectivity index (χ0n) is 12.4. The Morgan fingerprint density at radius 1 is 1.25 bits per heavy atom. The summed E-state index contributed by atoms with van der Waals surface area (Å²) in [5.74, 6) is 0.847. The van der Waals surface area contributed by atoms with E-state index in [1.54, 1.807) is 0 Å². The van der Waals surface area contributed by atoms with E-state index in [2.05, 4.69) is 29.5 Å². The quantitative estimate of drug-likeness (QED) is 0.857. The SMILES string of the molecule is C[C@@H](NCc1cnn2ccccc12)C1CCCCCC1. The molecule has 0 aromatic carbocycles. The van der Waals surface area contributed by atoms with Gasteiger partial charge in [-0.3, -0.25) is 0 Å². The summed E-state index contributed by atoms with van der Waals surface area (Å²) in [4.78, 5) is 0. The fourth-order valence-electron chi connectivity index (χ4n) is 3.37. The van der Waals surface area contributed by atoms with Gasteiger partial charge in [-0.1, -0.05) is 31.7 Å². The van der Waals surface area contributed by atoms with Crippen molar-refractivity contribution in [2.45, 2.75) is 58.0 Å². The molecule has 0 spiro atoms. The monoisotopic (exact) mass is 271 g/mol. The summed E-state index contributed by atoms with van der Waals surface area (Å²) in [6.07, 6.45) is 12.5. The van der Waals surface area contributed by atoms with Gasteiger partial charge in [-0.15, -0.1) is 0 Å². The number of hydrogen-bond acceptors (Lipinski definition) is 2. The molecule has 3 heteroatoms. The molecule has 0 saturated heterocycles. The third-order valence-corrected chi connectivity index (χ3v) is 4.73. The molecule has 2 aromatic rings. The average molecular weight is 271 g/mol. The lowest BCUT2D eigenvalue weighted by Crippen LogP contribution is -2.32. The van der Waals surface area contributed by atoms with E-state index in [4.69, 9.17) is 0 Å². The van der Waals surface area contributed by atoms with Gasteiger partial charge in [-0.2, -0.15) is 5.10 Å². The van der Waals surface area contributed by atoms with Crippen LogP contribution < -0.4 is 5.32 Å². The minimum Gasteiger partial charge on any atom is -0.310 e. The Morgan fingerprint density at radius 2 is 2.05 bits per heavy atom. The predicted octanol–water partition coefficient (Wildman–Crippen LogP) is 3.78. The Balaban J connectivity index is 1.60. The molecule has 2 aromatic heterocycles. The van der Waals surface area contributed by atoms with Crippen molar-refractivity contribution in [3.8, 4) is 0 Å². The summed E-state index contributed by atoms with van der Waals surface area (Å²) < 4.78 is 1.95. The van der Waals surface area contributed by atoms with Crippen molar-refractivity contribution in [2.24, 2.45) is 5.92 Å². The molecule has 1 saturated carbocycles. The van der Waals surface area contributed by atoms with Crippen molar-refractivity contribution in [3.63, 3.8) is 0 Å². The molecule has 0 radical (unpaired) electrons. The largest absolute Gasteiger partial charge is 0.310 e. The van der Waals surface area contributed by atoms with E-state index in [1.807, 2.05) is 23.0 Å². The minimum atomic E-state index is 0.603. The van der Waals surface area contributed by atoms with Gasteiger partial charge in [-0.05, 0) is 37.8 Å². The molecule has 1 aliphatic rings. The van der Waals surface area contributed by atoms with Crippen LogP contribution in [0.4, 0.5) is 0 Å². The fourth-order valence-corrected chi connectivity index (χ4v) is 3.37. The molecule has 0 bridgehead atoms. The van der Waals surface area contributed by atoms with Crippen LogP contribution in [0.5, 0.6) is 0 Å². The van der Waals surface area contributed by atoms with E-state index >= 15 is 0 Å². The fraction of sp³-hybridized carbons (Fsp3) is 0.588. The topological polar surface area (TPSA) is 29.3 Å². The molecule has 20 heavy (non-hydrogen) atoms. The Hall–Kier alpha value is -1.35. The molecule has 2 heterocycles. The van der Waals surface area contributed by atoms with E-state index in [9.17, 15) is 0 Å². The zero-order chi connectivity index (χ0) is 13.8. The van der Waals surface area contributed by atoms with Crippen LogP contribution in [-0.4, -0.2) is 15.7 Å². The van der Waals surface area contributed by atoms with E-state index < -0.39 is 0 Å². The summed E-state index contributed by atoms with van der Waals surface area (Å²) in [6.45, 7) is 3.27. The Kier molecular flexibility index (Phi) is 4.36. The van der Waals surface area contributed by atoms with Crippen LogP contribution in [0.15, 0.2) is 30.6 Å². The lowest BCUT2D eigenvalue weighted by atomic mass is 9.93. The van der Waals surface area contributed by atoms with Crippen LogP contribution in [-0.2, 0) is 6.54 Å². The number of aromatic nitrogens is 2.